The van der Waals surface area contributed by atoms with Crippen LogP contribution in [-0.2, 0) is 5.41 Å². The molecule has 6 rings (SSSR count). The van der Waals surface area contributed by atoms with E-state index in [1.54, 1.807) is 0 Å². The third-order valence-electron chi connectivity index (χ3n) is 7.18. The Morgan fingerprint density at radius 1 is 0.667 bits per heavy atom. The van der Waals surface area contributed by atoms with Gasteiger partial charge in [-0.05, 0) is 41.7 Å². The Balaban J connectivity index is 1.65. The Hall–Kier alpha value is -3.84. The second-order valence-electron chi connectivity index (χ2n) is 9.01. The minimum atomic E-state index is -0.334. The monoisotopic (exact) mass is 426 g/mol. The van der Waals surface area contributed by atoms with E-state index in [9.17, 15) is 0 Å². The minimum Gasteiger partial charge on any atom is -0.459 e. The maximum Gasteiger partial charge on any atom is 0.134 e. The SMILES string of the molecule is Cc1ccccc1-c1cc2c(o1)C(c1ccccc1)(c1ccccc1)CC2c1ccccc1. The topological polar surface area (TPSA) is 13.1 Å². The molecule has 1 heteroatoms. The van der Waals surface area contributed by atoms with Crippen molar-refractivity contribution in [2.75, 3.05) is 0 Å². The Bertz CT molecular complexity index is 1340. The molecule has 0 saturated heterocycles. The van der Waals surface area contributed by atoms with Gasteiger partial charge < -0.3 is 4.42 Å². The molecule has 1 aliphatic carbocycles. The molecule has 0 saturated carbocycles. The molecule has 1 unspecified atom stereocenters. The minimum absolute atomic E-state index is 0.267. The fourth-order valence-corrected chi connectivity index (χ4v) is 5.58. The van der Waals surface area contributed by atoms with Crippen molar-refractivity contribution in [3.8, 4) is 11.3 Å². The van der Waals surface area contributed by atoms with E-state index in [4.69, 9.17) is 4.42 Å². The number of benzene rings is 4. The smallest absolute Gasteiger partial charge is 0.134 e. The molecule has 4 aromatic carbocycles. The number of furan rings is 1. The maximum absolute atomic E-state index is 6.87. The maximum atomic E-state index is 6.87. The van der Waals surface area contributed by atoms with Gasteiger partial charge in [-0.3, -0.25) is 0 Å². The average molecular weight is 427 g/mol. The number of fused-ring (bicyclic) bond motifs is 1. The fourth-order valence-electron chi connectivity index (χ4n) is 5.58. The first kappa shape index (κ1) is 19.8. The van der Waals surface area contributed by atoms with Crippen LogP contribution in [0.2, 0.25) is 0 Å². The summed E-state index contributed by atoms with van der Waals surface area (Å²) < 4.78 is 6.87. The van der Waals surface area contributed by atoms with Crippen molar-refractivity contribution in [3.05, 3.63) is 155 Å². The van der Waals surface area contributed by atoms with Crippen LogP contribution in [0, 0.1) is 6.92 Å². The predicted octanol–water partition coefficient (Wildman–Crippen LogP) is 8.13. The summed E-state index contributed by atoms with van der Waals surface area (Å²) in [4.78, 5) is 0. The van der Waals surface area contributed by atoms with E-state index in [1.165, 1.54) is 27.8 Å². The van der Waals surface area contributed by atoms with Crippen molar-refractivity contribution in [1.29, 1.82) is 0 Å². The molecule has 1 nitrogen and oxygen atoms in total. The zero-order valence-electron chi connectivity index (χ0n) is 18.7. The van der Waals surface area contributed by atoms with Crippen molar-refractivity contribution in [2.45, 2.75) is 24.7 Å². The van der Waals surface area contributed by atoms with Gasteiger partial charge in [-0.2, -0.15) is 0 Å². The zero-order chi connectivity index (χ0) is 22.3. The van der Waals surface area contributed by atoms with E-state index in [1.807, 2.05) is 0 Å². The lowest BCUT2D eigenvalue weighted by molar-refractivity contribution is 0.438. The molecule has 0 amide bonds. The van der Waals surface area contributed by atoms with Gasteiger partial charge in [0.2, 0.25) is 0 Å². The second kappa shape index (κ2) is 7.94. The standard InChI is InChI=1S/C32H26O/c1-23-13-11-12-20-27(23)30-21-28-29(24-14-5-2-6-15-24)22-32(31(28)33-30,25-16-7-3-8-17-25)26-18-9-4-10-19-26/h2-21,29H,22H2,1H3. The quantitative estimate of drug-likeness (QED) is 0.283. The highest BCUT2D eigenvalue weighted by Crippen LogP contribution is 2.57. The first-order chi connectivity index (χ1) is 16.3. The Labute approximate surface area is 195 Å². The van der Waals surface area contributed by atoms with Gasteiger partial charge in [-0.1, -0.05) is 115 Å². The third kappa shape index (κ3) is 3.15. The second-order valence-corrected chi connectivity index (χ2v) is 9.01. The van der Waals surface area contributed by atoms with Crippen molar-refractivity contribution < 1.29 is 4.42 Å². The zero-order valence-corrected chi connectivity index (χ0v) is 18.7. The summed E-state index contributed by atoms with van der Waals surface area (Å²) in [6, 6.07) is 43.4. The van der Waals surface area contributed by atoms with Crippen LogP contribution < -0.4 is 0 Å². The molecule has 0 fully saturated rings. The van der Waals surface area contributed by atoms with E-state index in [2.05, 4.69) is 128 Å². The van der Waals surface area contributed by atoms with Crippen LogP contribution >= 0.6 is 0 Å². The highest BCUT2D eigenvalue weighted by molar-refractivity contribution is 5.67. The van der Waals surface area contributed by atoms with Gasteiger partial charge in [0.25, 0.3) is 0 Å². The van der Waals surface area contributed by atoms with Crippen molar-refractivity contribution in [2.24, 2.45) is 0 Å². The summed E-state index contributed by atoms with van der Waals surface area (Å²) in [5.74, 6) is 2.30. The molecule has 1 aromatic heterocycles. The van der Waals surface area contributed by atoms with E-state index in [0.29, 0.717) is 0 Å². The van der Waals surface area contributed by atoms with E-state index >= 15 is 0 Å². The largest absolute Gasteiger partial charge is 0.459 e. The van der Waals surface area contributed by atoms with Crippen LogP contribution in [0.3, 0.4) is 0 Å². The third-order valence-corrected chi connectivity index (χ3v) is 7.18. The first-order valence-corrected chi connectivity index (χ1v) is 11.6. The number of hydrogen-bond acceptors (Lipinski definition) is 1. The Kier molecular flexibility index (Phi) is 4.77. The summed E-state index contributed by atoms with van der Waals surface area (Å²) in [5.41, 5.74) is 7.25. The molecule has 0 aliphatic heterocycles. The average Bonchev–Trinajstić information content (AvgIpc) is 3.45. The van der Waals surface area contributed by atoms with Gasteiger partial charge in [0.1, 0.15) is 11.5 Å². The number of aryl methyl sites for hydroxylation is 1. The summed E-state index contributed by atoms with van der Waals surface area (Å²) >= 11 is 0. The molecule has 0 N–H and O–H groups in total. The van der Waals surface area contributed by atoms with Crippen LogP contribution in [0.15, 0.2) is 126 Å². The van der Waals surface area contributed by atoms with E-state index in [-0.39, 0.29) is 11.3 Å². The molecule has 0 radical (unpaired) electrons. The van der Waals surface area contributed by atoms with Crippen molar-refractivity contribution >= 4 is 0 Å². The summed E-state index contributed by atoms with van der Waals surface area (Å²) in [6.07, 6.45) is 0.952. The molecule has 33 heavy (non-hydrogen) atoms. The molecule has 0 bridgehead atoms. The van der Waals surface area contributed by atoms with Crippen LogP contribution in [0.25, 0.3) is 11.3 Å². The van der Waals surface area contributed by atoms with Crippen molar-refractivity contribution in [3.63, 3.8) is 0 Å². The van der Waals surface area contributed by atoms with Gasteiger partial charge >= 0.3 is 0 Å². The van der Waals surface area contributed by atoms with Gasteiger partial charge in [0, 0.05) is 17.0 Å². The highest BCUT2D eigenvalue weighted by Gasteiger charge is 2.50. The number of hydrogen-bond donors (Lipinski definition) is 0. The van der Waals surface area contributed by atoms with Gasteiger partial charge in [-0.15, -0.1) is 0 Å². The van der Waals surface area contributed by atoms with Crippen LogP contribution in [0.5, 0.6) is 0 Å². The normalized spacial score (nSPS) is 16.5. The molecular weight excluding hydrogens is 400 g/mol. The Morgan fingerprint density at radius 2 is 1.21 bits per heavy atom. The van der Waals surface area contributed by atoms with Gasteiger partial charge in [0.15, 0.2) is 0 Å². The highest BCUT2D eigenvalue weighted by atomic mass is 16.3. The molecule has 0 spiro atoms. The molecule has 1 aliphatic rings. The molecular formula is C32H26O. The molecule has 5 aromatic rings. The van der Waals surface area contributed by atoms with Crippen LogP contribution in [-0.4, -0.2) is 0 Å². The van der Waals surface area contributed by atoms with Gasteiger partial charge in [0.05, 0.1) is 5.41 Å². The van der Waals surface area contributed by atoms with E-state index < -0.39 is 0 Å². The molecule has 1 atom stereocenters. The van der Waals surface area contributed by atoms with Crippen LogP contribution in [0.4, 0.5) is 0 Å². The lowest BCUT2D eigenvalue weighted by atomic mass is 9.71. The first-order valence-electron chi connectivity index (χ1n) is 11.6. The Morgan fingerprint density at radius 3 is 1.82 bits per heavy atom. The predicted molar refractivity (Wildman–Crippen MR) is 135 cm³/mol. The van der Waals surface area contributed by atoms with Crippen molar-refractivity contribution in [1.82, 2.24) is 0 Å². The summed E-state index contributed by atoms with van der Waals surface area (Å²) in [6.45, 7) is 2.15. The van der Waals surface area contributed by atoms with E-state index in [0.717, 1.165) is 23.5 Å². The number of rotatable bonds is 4. The molecule has 1 heterocycles. The van der Waals surface area contributed by atoms with Crippen LogP contribution in [0.1, 0.15) is 45.9 Å². The van der Waals surface area contributed by atoms with Gasteiger partial charge in [-0.25, -0.2) is 0 Å². The fraction of sp³-hybridized carbons (Fsp3) is 0.125. The lowest BCUT2D eigenvalue weighted by Gasteiger charge is -2.31. The molecule has 160 valence electrons. The lowest BCUT2D eigenvalue weighted by Crippen LogP contribution is -2.26. The summed E-state index contributed by atoms with van der Waals surface area (Å²) in [5, 5.41) is 0. The summed E-state index contributed by atoms with van der Waals surface area (Å²) in [7, 11) is 0.